The molecule has 4 aromatic heterocycles. The molecule has 0 saturated carbocycles. The first kappa shape index (κ1) is 56.9. The number of fused-ring (bicyclic) bond motifs is 10. The molecule has 1 saturated heterocycles. The van der Waals surface area contributed by atoms with E-state index in [0.717, 1.165) is 106 Å². The van der Waals surface area contributed by atoms with Gasteiger partial charge in [0.05, 0.1) is 33.5 Å². The lowest BCUT2D eigenvalue weighted by molar-refractivity contribution is -0.143. The van der Waals surface area contributed by atoms with Crippen LogP contribution in [0, 0.1) is 41.5 Å². The number of benzene rings is 4. The third-order valence-corrected chi connectivity index (χ3v) is 14.9. The molecule has 0 unspecified atom stereocenters. The van der Waals surface area contributed by atoms with Crippen molar-refractivity contribution in [3.8, 4) is 28.7 Å². The minimum Gasteiger partial charge on any atom is -0.505 e. The molecular formula is C68H72N4O10. The lowest BCUT2D eigenvalue weighted by Crippen LogP contribution is -2.37. The molecule has 0 bridgehead atoms. The topological polar surface area (TPSA) is 174 Å². The van der Waals surface area contributed by atoms with E-state index >= 15 is 0 Å². The zero-order valence-corrected chi connectivity index (χ0v) is 49.8. The monoisotopic (exact) mass is 1100 g/mol. The normalized spacial score (nSPS) is 18.1. The Kier molecular flexibility index (Phi) is 14.7. The zero-order chi connectivity index (χ0) is 59.0. The van der Waals surface area contributed by atoms with E-state index in [0.29, 0.717) is 16.8 Å². The molecule has 0 amide bonds. The Labute approximate surface area is 479 Å². The average molecular weight is 1110 g/mol. The fourth-order valence-electron chi connectivity index (χ4n) is 10.8. The summed E-state index contributed by atoms with van der Waals surface area (Å²) in [5.41, 5.74) is 14.1. The van der Waals surface area contributed by atoms with Gasteiger partial charge in [-0.15, -0.1) is 0 Å². The molecule has 1 fully saturated rings. The molecule has 2 atom stereocenters. The number of pyridine rings is 4. The van der Waals surface area contributed by atoms with Crippen molar-refractivity contribution in [2.24, 2.45) is 0 Å². The molecule has 5 aliphatic heterocycles. The van der Waals surface area contributed by atoms with E-state index in [1.807, 2.05) is 129 Å². The predicted molar refractivity (Wildman–Crippen MR) is 322 cm³/mol. The van der Waals surface area contributed by atoms with Crippen molar-refractivity contribution in [1.29, 1.82) is 0 Å². The molecule has 82 heavy (non-hydrogen) atoms. The first-order valence-corrected chi connectivity index (χ1v) is 27.7. The number of esters is 2. The van der Waals surface area contributed by atoms with Crippen LogP contribution < -0.4 is 18.9 Å². The van der Waals surface area contributed by atoms with E-state index in [1.54, 1.807) is 0 Å². The second-order valence-electron chi connectivity index (χ2n) is 24.1. The molecular weight excluding hydrogens is 1030 g/mol. The molecule has 4 aromatic carbocycles. The van der Waals surface area contributed by atoms with E-state index in [9.17, 15) is 14.7 Å². The lowest BCUT2D eigenvalue weighted by atomic mass is 9.93. The quantitative estimate of drug-likeness (QED) is 0.130. The number of aryl methyl sites for hydroxylation is 6. The summed E-state index contributed by atoms with van der Waals surface area (Å²) in [5, 5.41) is 14.6. The van der Waals surface area contributed by atoms with Crippen molar-refractivity contribution in [2.45, 2.75) is 159 Å². The second kappa shape index (κ2) is 21.2. The minimum absolute atomic E-state index is 0.0948. The van der Waals surface area contributed by atoms with Crippen molar-refractivity contribution in [3.63, 3.8) is 0 Å². The summed E-state index contributed by atoms with van der Waals surface area (Å²) in [7, 11) is 0. The highest BCUT2D eigenvalue weighted by Gasteiger charge is 2.56. The van der Waals surface area contributed by atoms with Gasteiger partial charge >= 0.3 is 11.9 Å². The molecule has 8 aromatic rings. The number of nitrogens with zero attached hydrogens (tertiary/aromatic N) is 4. The number of ether oxygens (including phenoxy) is 7. The molecule has 1 N–H and O–H groups in total. The molecule has 0 spiro atoms. The van der Waals surface area contributed by atoms with Gasteiger partial charge in [0.2, 0.25) is 0 Å². The summed E-state index contributed by atoms with van der Waals surface area (Å²) >= 11 is 0. The van der Waals surface area contributed by atoms with Crippen LogP contribution in [0.1, 0.15) is 143 Å². The van der Waals surface area contributed by atoms with Crippen LogP contribution in [0.25, 0.3) is 61.8 Å². The number of hydrogen-bond acceptors (Lipinski definition) is 14. The van der Waals surface area contributed by atoms with Gasteiger partial charge in [-0.1, -0.05) is 12.2 Å². The first-order valence-electron chi connectivity index (χ1n) is 27.7. The molecule has 9 heterocycles. The van der Waals surface area contributed by atoms with Gasteiger partial charge in [-0.25, -0.2) is 15.0 Å². The van der Waals surface area contributed by atoms with E-state index in [1.165, 1.54) is 24.8 Å². The number of carbonyl (C=O) groups excluding carboxylic acids is 2. The predicted octanol–water partition coefficient (Wildman–Crippen LogP) is 14.8. The van der Waals surface area contributed by atoms with Crippen LogP contribution in [0.3, 0.4) is 0 Å². The molecule has 0 aliphatic carbocycles. The Balaban J connectivity index is 0.000000123. The maximum Gasteiger partial charge on any atom is 0.303 e. The zero-order valence-electron chi connectivity index (χ0n) is 49.8. The van der Waals surface area contributed by atoms with Gasteiger partial charge in [0.25, 0.3) is 0 Å². The van der Waals surface area contributed by atoms with E-state index in [-0.39, 0.29) is 65.5 Å². The van der Waals surface area contributed by atoms with Crippen molar-refractivity contribution >= 4 is 73.8 Å². The van der Waals surface area contributed by atoms with Crippen molar-refractivity contribution < 1.29 is 47.9 Å². The number of carbonyl (C=O) groups is 2. The standard InChI is InChI=1S/C18H19NO4.C18H19NO3.C16H17NO2.C16H17NO/c1-9-5-11(8-21-10(2)20)19-14-6-13-15(7-12(9)14)23-18(3,4)17-16(13)22-17;1-11-7-14(10-21-12(2)20)19-16-8-13-5-6-18(3,4)22-17(13)9-15(11)16;1-9-7-10(2)17-14-12(9)8-13-11(15(14)18)5-6-16(3,4)19-13;1-10-7-11(2)17-14-8-12-5-6-16(3,4)18-15(12)9-13(10)14/h5-7,16-17H,8H2,1-4H3;5-9H,10H2,1-4H3;5-8,18H,1-4H3;5-9H,1-4H3/t16-,17-;;;/m1.../s1. The van der Waals surface area contributed by atoms with Crippen molar-refractivity contribution in [1.82, 2.24) is 19.9 Å². The van der Waals surface area contributed by atoms with E-state index in [4.69, 9.17) is 33.2 Å². The molecule has 5 aliphatic rings. The van der Waals surface area contributed by atoms with Gasteiger partial charge in [0, 0.05) is 63.5 Å². The Hall–Kier alpha value is -8.36. The number of phenols is 1. The van der Waals surface area contributed by atoms with Gasteiger partial charge in [-0.3, -0.25) is 14.6 Å². The summed E-state index contributed by atoms with van der Waals surface area (Å²) in [4.78, 5) is 40.2. The van der Waals surface area contributed by atoms with Crippen LogP contribution >= 0.6 is 0 Å². The third kappa shape index (κ3) is 12.1. The Morgan fingerprint density at radius 2 is 0.927 bits per heavy atom. The number of aromatic hydroxyl groups is 1. The van der Waals surface area contributed by atoms with Crippen LogP contribution in [0.5, 0.6) is 28.7 Å². The summed E-state index contributed by atoms with van der Waals surface area (Å²) in [5.74, 6) is 3.00. The molecule has 14 heteroatoms. The smallest absolute Gasteiger partial charge is 0.303 e. The highest BCUT2D eigenvalue weighted by Crippen LogP contribution is 2.54. The van der Waals surface area contributed by atoms with Gasteiger partial charge in [-0.2, -0.15) is 0 Å². The Morgan fingerprint density at radius 1 is 0.500 bits per heavy atom. The fourth-order valence-corrected chi connectivity index (χ4v) is 10.8. The molecule has 13 rings (SSSR count). The average Bonchev–Trinajstić information content (AvgIpc) is 3.27. The largest absolute Gasteiger partial charge is 0.505 e. The Bertz CT molecular complexity index is 4040. The van der Waals surface area contributed by atoms with Crippen LogP contribution in [-0.4, -0.2) is 65.5 Å². The van der Waals surface area contributed by atoms with Crippen LogP contribution in [-0.2, 0) is 37.0 Å². The third-order valence-electron chi connectivity index (χ3n) is 14.9. The van der Waals surface area contributed by atoms with Gasteiger partial charge < -0.3 is 38.3 Å². The van der Waals surface area contributed by atoms with Gasteiger partial charge in [-0.05, 0) is 210 Å². The van der Waals surface area contributed by atoms with E-state index in [2.05, 4.69) is 91.0 Å². The summed E-state index contributed by atoms with van der Waals surface area (Å²) in [6, 6.07) is 22.3. The van der Waals surface area contributed by atoms with Crippen molar-refractivity contribution in [3.05, 3.63) is 152 Å². The maximum absolute atomic E-state index is 11.0. The highest BCUT2D eigenvalue weighted by molar-refractivity contribution is 5.94. The maximum atomic E-state index is 11.0. The lowest BCUT2D eigenvalue weighted by Gasteiger charge is -2.29. The van der Waals surface area contributed by atoms with Gasteiger partial charge in [0.15, 0.2) is 5.75 Å². The van der Waals surface area contributed by atoms with E-state index < -0.39 is 0 Å². The molecule has 424 valence electrons. The number of hydrogen-bond donors (Lipinski definition) is 1. The summed E-state index contributed by atoms with van der Waals surface area (Å²) in [6.45, 7) is 31.6. The number of epoxide rings is 1. The van der Waals surface area contributed by atoms with Crippen molar-refractivity contribution in [2.75, 3.05) is 0 Å². The highest BCUT2D eigenvalue weighted by atomic mass is 16.6. The number of phenolic OH excluding ortho intramolecular Hbond substituents is 1. The summed E-state index contributed by atoms with van der Waals surface area (Å²) < 4.78 is 39.9. The number of rotatable bonds is 4. The summed E-state index contributed by atoms with van der Waals surface area (Å²) in [6.07, 6.45) is 12.4. The second-order valence-corrected chi connectivity index (χ2v) is 24.1. The number of aromatic nitrogens is 4. The van der Waals surface area contributed by atoms with Crippen LogP contribution in [0.15, 0.2) is 85.0 Å². The van der Waals surface area contributed by atoms with Gasteiger partial charge in [0.1, 0.15) is 76.3 Å². The first-order chi connectivity index (χ1) is 38.5. The van der Waals surface area contributed by atoms with Crippen LogP contribution in [0.4, 0.5) is 0 Å². The SMILES string of the molecule is CC(=O)OCc1cc(C)c2cc3c(cc2n1)C=CC(C)(C)O3.CC(=O)OCc1cc(C)c2cc3c(cc2n1)[C@H]1O[C@H]1C(C)(C)O3.Cc1cc(C)c2cc3c(c(O)c2n1)C=CC(C)(C)O3.Cc1cc(C)c2cc3c(cc2n1)C=CC(C)(C)O3. The fraction of sp³-hybridized carbons (Fsp3) is 0.353. The Morgan fingerprint density at radius 3 is 1.45 bits per heavy atom. The molecule has 0 radical (unpaired) electrons. The van der Waals surface area contributed by atoms with Crippen LogP contribution in [0.2, 0.25) is 0 Å². The molecule has 14 nitrogen and oxygen atoms in total. The minimum atomic E-state index is -0.348.